The van der Waals surface area contributed by atoms with Gasteiger partial charge in [0.25, 0.3) is 0 Å². The van der Waals surface area contributed by atoms with Gasteiger partial charge in [-0.2, -0.15) is 0 Å². The van der Waals surface area contributed by atoms with Crippen molar-refractivity contribution in [2.45, 2.75) is 32.8 Å². The Balaban J connectivity index is 1.75. The summed E-state index contributed by atoms with van der Waals surface area (Å²) in [5.41, 5.74) is 1.37. The molecule has 3 heteroatoms. The molecule has 0 unspecified atom stereocenters. The minimum absolute atomic E-state index is 0.239. The maximum atomic E-state index is 5.72. The van der Waals surface area contributed by atoms with E-state index in [0.29, 0.717) is 0 Å². The summed E-state index contributed by atoms with van der Waals surface area (Å²) >= 11 is 0. The molecule has 0 aromatic heterocycles. The van der Waals surface area contributed by atoms with Gasteiger partial charge in [-0.25, -0.2) is 0 Å². The van der Waals surface area contributed by atoms with Crippen LogP contribution in [0.1, 0.15) is 25.8 Å². The number of benzene rings is 1. The van der Waals surface area contributed by atoms with Crippen LogP contribution in [0.3, 0.4) is 0 Å². The van der Waals surface area contributed by atoms with Crippen LogP contribution >= 0.6 is 0 Å². The third kappa shape index (κ3) is 5.21. The normalized spacial score (nSPS) is 16.8. The maximum Gasteiger partial charge on any atom is 0.119 e. The van der Waals surface area contributed by atoms with Crippen molar-refractivity contribution >= 4 is 0 Å². The molecule has 0 aliphatic carbocycles. The van der Waals surface area contributed by atoms with E-state index in [1.165, 1.54) is 18.5 Å². The van der Waals surface area contributed by atoms with Crippen LogP contribution < -0.4 is 4.74 Å². The zero-order valence-corrected chi connectivity index (χ0v) is 12.1. The number of rotatable bonds is 6. The van der Waals surface area contributed by atoms with E-state index < -0.39 is 0 Å². The summed E-state index contributed by atoms with van der Waals surface area (Å²) in [6, 6.07) is 8.47. The van der Waals surface area contributed by atoms with Crippen LogP contribution in [0.4, 0.5) is 0 Å². The van der Waals surface area contributed by atoms with E-state index in [1.807, 2.05) is 6.07 Å². The first-order valence-corrected chi connectivity index (χ1v) is 7.30. The molecule has 1 saturated heterocycles. The highest BCUT2D eigenvalue weighted by Gasteiger charge is 2.09. The average molecular weight is 263 g/mol. The molecule has 2 rings (SSSR count). The minimum atomic E-state index is 0.239. The zero-order chi connectivity index (χ0) is 13.5. The van der Waals surface area contributed by atoms with E-state index in [9.17, 15) is 0 Å². The Morgan fingerprint density at radius 1 is 1.26 bits per heavy atom. The fourth-order valence-electron chi connectivity index (χ4n) is 2.38. The number of morpholine rings is 1. The minimum Gasteiger partial charge on any atom is -0.491 e. The third-order valence-electron chi connectivity index (χ3n) is 3.31. The molecule has 0 radical (unpaired) electrons. The summed E-state index contributed by atoms with van der Waals surface area (Å²) in [5, 5.41) is 0. The number of aryl methyl sites for hydroxylation is 1. The number of hydrogen-bond donors (Lipinski definition) is 0. The molecule has 1 heterocycles. The van der Waals surface area contributed by atoms with Gasteiger partial charge in [-0.3, -0.25) is 4.90 Å². The van der Waals surface area contributed by atoms with Crippen molar-refractivity contribution in [3.8, 4) is 5.75 Å². The molecule has 1 aliphatic heterocycles. The van der Waals surface area contributed by atoms with Gasteiger partial charge in [-0.05, 0) is 50.9 Å². The average Bonchev–Trinajstić information content (AvgIpc) is 2.40. The highest BCUT2D eigenvalue weighted by molar-refractivity contribution is 5.28. The first-order valence-electron chi connectivity index (χ1n) is 7.30. The van der Waals surface area contributed by atoms with Gasteiger partial charge >= 0.3 is 0 Å². The van der Waals surface area contributed by atoms with Crippen LogP contribution in [-0.4, -0.2) is 43.9 Å². The van der Waals surface area contributed by atoms with Crippen LogP contribution in [0.2, 0.25) is 0 Å². The predicted octanol–water partition coefficient (Wildman–Crippen LogP) is 2.74. The largest absolute Gasteiger partial charge is 0.491 e. The Morgan fingerprint density at radius 3 is 2.79 bits per heavy atom. The van der Waals surface area contributed by atoms with Gasteiger partial charge in [-0.15, -0.1) is 0 Å². The number of hydrogen-bond acceptors (Lipinski definition) is 3. The van der Waals surface area contributed by atoms with E-state index >= 15 is 0 Å². The van der Waals surface area contributed by atoms with Crippen molar-refractivity contribution in [1.82, 2.24) is 4.90 Å². The fraction of sp³-hybridized carbons (Fsp3) is 0.625. The Kier molecular flexibility index (Phi) is 5.67. The second-order valence-electron chi connectivity index (χ2n) is 5.37. The Bertz CT molecular complexity index is 373. The second-order valence-corrected chi connectivity index (χ2v) is 5.37. The molecule has 3 nitrogen and oxygen atoms in total. The van der Waals surface area contributed by atoms with Crippen molar-refractivity contribution < 1.29 is 9.47 Å². The third-order valence-corrected chi connectivity index (χ3v) is 3.31. The molecule has 1 aromatic rings. The summed E-state index contributed by atoms with van der Waals surface area (Å²) < 4.78 is 11.1. The molecule has 1 fully saturated rings. The summed E-state index contributed by atoms with van der Waals surface area (Å²) in [4.78, 5) is 2.48. The van der Waals surface area contributed by atoms with Gasteiger partial charge < -0.3 is 9.47 Å². The van der Waals surface area contributed by atoms with Crippen LogP contribution in [-0.2, 0) is 11.2 Å². The van der Waals surface area contributed by atoms with Crippen molar-refractivity contribution in [2.75, 3.05) is 32.8 Å². The molecule has 1 aromatic carbocycles. The molecular weight excluding hydrogens is 238 g/mol. The molecular formula is C16H25NO2. The molecule has 106 valence electrons. The Morgan fingerprint density at radius 2 is 2.05 bits per heavy atom. The van der Waals surface area contributed by atoms with Gasteiger partial charge in [0.1, 0.15) is 5.75 Å². The molecule has 0 spiro atoms. The molecule has 0 bridgehead atoms. The monoisotopic (exact) mass is 263 g/mol. The molecule has 1 aliphatic rings. The lowest BCUT2D eigenvalue weighted by molar-refractivity contribution is 0.0374. The summed E-state index contributed by atoms with van der Waals surface area (Å²) in [5.74, 6) is 0.985. The van der Waals surface area contributed by atoms with Gasteiger partial charge in [-0.1, -0.05) is 12.1 Å². The van der Waals surface area contributed by atoms with Crippen molar-refractivity contribution in [3.05, 3.63) is 29.8 Å². The SMILES string of the molecule is CC(C)Oc1cccc(CCCN2CCOCC2)c1. The highest BCUT2D eigenvalue weighted by atomic mass is 16.5. The van der Waals surface area contributed by atoms with Crippen molar-refractivity contribution in [2.24, 2.45) is 0 Å². The van der Waals surface area contributed by atoms with Crippen LogP contribution in [0, 0.1) is 0 Å². The van der Waals surface area contributed by atoms with E-state index in [1.54, 1.807) is 0 Å². The maximum absolute atomic E-state index is 5.72. The van der Waals surface area contributed by atoms with Gasteiger partial charge in [0.05, 0.1) is 19.3 Å². The van der Waals surface area contributed by atoms with E-state index in [0.717, 1.165) is 38.5 Å². The van der Waals surface area contributed by atoms with Gasteiger partial charge in [0, 0.05) is 13.1 Å². The zero-order valence-electron chi connectivity index (χ0n) is 12.1. The first kappa shape index (κ1) is 14.4. The van der Waals surface area contributed by atoms with E-state index in [4.69, 9.17) is 9.47 Å². The number of ether oxygens (including phenoxy) is 2. The van der Waals surface area contributed by atoms with Crippen LogP contribution in [0.5, 0.6) is 5.75 Å². The topological polar surface area (TPSA) is 21.7 Å². The lowest BCUT2D eigenvalue weighted by atomic mass is 10.1. The first-order chi connectivity index (χ1) is 9.24. The molecule has 0 saturated carbocycles. The summed E-state index contributed by atoms with van der Waals surface area (Å²) in [6.07, 6.45) is 2.56. The molecule has 0 amide bonds. The van der Waals surface area contributed by atoms with E-state index in [-0.39, 0.29) is 6.10 Å². The molecule has 19 heavy (non-hydrogen) atoms. The Labute approximate surface area is 116 Å². The molecule has 0 atom stereocenters. The predicted molar refractivity (Wildman–Crippen MR) is 77.8 cm³/mol. The van der Waals surface area contributed by atoms with Crippen molar-refractivity contribution in [3.63, 3.8) is 0 Å². The highest BCUT2D eigenvalue weighted by Crippen LogP contribution is 2.16. The second kappa shape index (κ2) is 7.51. The van der Waals surface area contributed by atoms with E-state index in [2.05, 4.69) is 36.9 Å². The standard InChI is InChI=1S/C16H25NO2/c1-14(2)19-16-7-3-5-15(13-16)6-4-8-17-9-11-18-12-10-17/h3,5,7,13-14H,4,6,8-12H2,1-2H3. The van der Waals surface area contributed by atoms with Gasteiger partial charge in [0.2, 0.25) is 0 Å². The fourth-order valence-corrected chi connectivity index (χ4v) is 2.38. The van der Waals surface area contributed by atoms with Crippen LogP contribution in [0.15, 0.2) is 24.3 Å². The lowest BCUT2D eigenvalue weighted by Gasteiger charge is -2.26. The smallest absolute Gasteiger partial charge is 0.119 e. The lowest BCUT2D eigenvalue weighted by Crippen LogP contribution is -2.36. The van der Waals surface area contributed by atoms with Crippen LogP contribution in [0.25, 0.3) is 0 Å². The van der Waals surface area contributed by atoms with Crippen molar-refractivity contribution in [1.29, 1.82) is 0 Å². The Hall–Kier alpha value is -1.06. The number of nitrogens with zero attached hydrogens (tertiary/aromatic N) is 1. The summed E-state index contributed by atoms with van der Waals surface area (Å²) in [7, 11) is 0. The quantitative estimate of drug-likeness (QED) is 0.787. The molecule has 0 N–H and O–H groups in total. The van der Waals surface area contributed by atoms with Gasteiger partial charge in [0.15, 0.2) is 0 Å². The summed E-state index contributed by atoms with van der Waals surface area (Å²) in [6.45, 7) is 9.22.